The lowest BCUT2D eigenvalue weighted by atomic mass is 10.2. The van der Waals surface area contributed by atoms with E-state index in [9.17, 15) is 9.18 Å². The van der Waals surface area contributed by atoms with E-state index in [1.54, 1.807) is 6.07 Å². The van der Waals surface area contributed by atoms with Crippen LogP contribution in [0.15, 0.2) is 22.7 Å². The number of nitrogens with two attached hydrogens (primary N) is 1. The van der Waals surface area contributed by atoms with Gasteiger partial charge in [0.05, 0.1) is 5.56 Å². The minimum Gasteiger partial charge on any atom is -0.352 e. The Bertz CT molecular complexity index is 371. The number of carbonyl (C=O) groups excluding carboxylic acids is 1. The highest BCUT2D eigenvalue weighted by molar-refractivity contribution is 9.10. The summed E-state index contributed by atoms with van der Waals surface area (Å²) >= 11 is 3.13. The van der Waals surface area contributed by atoms with Crippen LogP contribution < -0.4 is 11.1 Å². The van der Waals surface area contributed by atoms with Crippen molar-refractivity contribution in [1.82, 2.24) is 5.32 Å². The fraction of sp³-hybridized carbons (Fsp3) is 0.364. The number of nitrogens with one attached hydrogen (secondary N) is 1. The van der Waals surface area contributed by atoms with Crippen LogP contribution in [0.25, 0.3) is 0 Å². The van der Waals surface area contributed by atoms with Crippen molar-refractivity contribution in [2.75, 3.05) is 13.1 Å². The van der Waals surface area contributed by atoms with E-state index < -0.39 is 5.82 Å². The molecule has 0 aromatic heterocycles. The summed E-state index contributed by atoms with van der Waals surface area (Å²) in [5.74, 6) is -0.910. The molecule has 0 radical (unpaired) electrons. The van der Waals surface area contributed by atoms with Crippen LogP contribution in [0.4, 0.5) is 4.39 Å². The smallest absolute Gasteiger partial charge is 0.254 e. The van der Waals surface area contributed by atoms with Crippen molar-refractivity contribution < 1.29 is 9.18 Å². The second-order valence-electron chi connectivity index (χ2n) is 3.38. The Kier molecular flexibility index (Phi) is 5.42. The molecule has 0 fully saturated rings. The van der Waals surface area contributed by atoms with Gasteiger partial charge in [-0.1, -0.05) is 15.9 Å². The summed E-state index contributed by atoms with van der Waals surface area (Å²) in [7, 11) is 0. The normalized spacial score (nSPS) is 10.2. The van der Waals surface area contributed by atoms with Crippen LogP contribution in [-0.4, -0.2) is 19.0 Å². The lowest BCUT2D eigenvalue weighted by Gasteiger charge is -2.05. The van der Waals surface area contributed by atoms with Crippen molar-refractivity contribution in [3.63, 3.8) is 0 Å². The number of unbranched alkanes of at least 4 members (excludes halogenated alkanes) is 1. The Morgan fingerprint density at radius 2 is 2.19 bits per heavy atom. The molecule has 3 nitrogen and oxygen atoms in total. The first kappa shape index (κ1) is 13.1. The summed E-state index contributed by atoms with van der Waals surface area (Å²) in [4.78, 5) is 11.5. The lowest BCUT2D eigenvalue weighted by Crippen LogP contribution is -2.25. The third-order valence-electron chi connectivity index (χ3n) is 2.09. The molecular formula is C11H14BrFN2O. The van der Waals surface area contributed by atoms with Gasteiger partial charge in [0.15, 0.2) is 0 Å². The monoisotopic (exact) mass is 288 g/mol. The zero-order chi connectivity index (χ0) is 12.0. The third-order valence-corrected chi connectivity index (χ3v) is 2.59. The molecule has 0 saturated carbocycles. The van der Waals surface area contributed by atoms with Gasteiger partial charge in [-0.15, -0.1) is 0 Å². The molecule has 0 saturated heterocycles. The molecule has 1 rings (SSSR count). The number of carbonyl (C=O) groups is 1. The molecule has 1 amide bonds. The molecule has 0 bridgehead atoms. The minimum absolute atomic E-state index is 0.0657. The first-order valence-electron chi connectivity index (χ1n) is 5.08. The van der Waals surface area contributed by atoms with Gasteiger partial charge in [0.1, 0.15) is 5.82 Å². The fourth-order valence-electron chi connectivity index (χ4n) is 1.24. The van der Waals surface area contributed by atoms with Crippen LogP contribution in [-0.2, 0) is 0 Å². The van der Waals surface area contributed by atoms with Crippen molar-refractivity contribution in [2.45, 2.75) is 12.8 Å². The van der Waals surface area contributed by atoms with Gasteiger partial charge < -0.3 is 11.1 Å². The van der Waals surface area contributed by atoms with Crippen LogP contribution in [0, 0.1) is 5.82 Å². The Morgan fingerprint density at radius 1 is 1.44 bits per heavy atom. The summed E-state index contributed by atoms with van der Waals surface area (Å²) in [5, 5.41) is 2.64. The number of hydrogen-bond donors (Lipinski definition) is 2. The van der Waals surface area contributed by atoms with E-state index >= 15 is 0 Å². The van der Waals surface area contributed by atoms with Crippen molar-refractivity contribution in [1.29, 1.82) is 0 Å². The van der Waals surface area contributed by atoms with Gasteiger partial charge in [-0.2, -0.15) is 0 Å². The number of halogens is 2. The topological polar surface area (TPSA) is 55.1 Å². The molecule has 0 atom stereocenters. The van der Waals surface area contributed by atoms with Gasteiger partial charge in [-0.25, -0.2) is 4.39 Å². The Labute approximate surface area is 102 Å². The first-order chi connectivity index (χ1) is 7.65. The van der Waals surface area contributed by atoms with Crippen molar-refractivity contribution >= 4 is 21.8 Å². The molecule has 0 unspecified atom stereocenters. The van der Waals surface area contributed by atoms with E-state index in [2.05, 4.69) is 21.2 Å². The maximum Gasteiger partial charge on any atom is 0.254 e. The van der Waals surface area contributed by atoms with Crippen molar-refractivity contribution in [2.24, 2.45) is 5.73 Å². The van der Waals surface area contributed by atoms with Crippen LogP contribution in [0.2, 0.25) is 0 Å². The summed E-state index contributed by atoms with van der Waals surface area (Å²) < 4.78 is 14.0. The average molecular weight is 289 g/mol. The molecule has 0 aliphatic carbocycles. The SMILES string of the molecule is NCCCCNC(=O)c1ccc(Br)cc1F. The Balaban J connectivity index is 2.53. The molecule has 1 aromatic rings. The zero-order valence-corrected chi connectivity index (χ0v) is 10.4. The maximum absolute atomic E-state index is 13.4. The zero-order valence-electron chi connectivity index (χ0n) is 8.80. The largest absolute Gasteiger partial charge is 0.352 e. The van der Waals surface area contributed by atoms with Crippen molar-refractivity contribution in [3.05, 3.63) is 34.1 Å². The second-order valence-corrected chi connectivity index (χ2v) is 4.29. The molecule has 0 spiro atoms. The van der Waals surface area contributed by atoms with E-state index in [0.717, 1.165) is 12.8 Å². The predicted octanol–water partition coefficient (Wildman–Crippen LogP) is 2.06. The molecule has 5 heteroatoms. The summed E-state index contributed by atoms with van der Waals surface area (Å²) in [6.45, 7) is 1.12. The molecule has 88 valence electrons. The molecule has 1 aromatic carbocycles. The van der Waals surface area contributed by atoms with Gasteiger partial charge in [-0.3, -0.25) is 4.79 Å². The highest BCUT2D eigenvalue weighted by Crippen LogP contribution is 2.15. The van der Waals surface area contributed by atoms with Gasteiger partial charge in [0.2, 0.25) is 0 Å². The summed E-state index contributed by atoms with van der Waals surface area (Å²) in [6.07, 6.45) is 1.66. The molecular weight excluding hydrogens is 275 g/mol. The first-order valence-corrected chi connectivity index (χ1v) is 5.87. The lowest BCUT2D eigenvalue weighted by molar-refractivity contribution is 0.0949. The summed E-state index contributed by atoms with van der Waals surface area (Å²) in [5.41, 5.74) is 5.39. The molecule has 0 aliphatic rings. The number of rotatable bonds is 5. The molecule has 0 aliphatic heterocycles. The second kappa shape index (κ2) is 6.60. The minimum atomic E-state index is -0.523. The molecule has 16 heavy (non-hydrogen) atoms. The number of amides is 1. The van der Waals surface area contributed by atoms with Crippen LogP contribution in [0.1, 0.15) is 23.2 Å². The third kappa shape index (κ3) is 3.90. The van der Waals surface area contributed by atoms with Crippen LogP contribution in [0.3, 0.4) is 0 Å². The highest BCUT2D eigenvalue weighted by Gasteiger charge is 2.10. The summed E-state index contributed by atoms with van der Waals surface area (Å²) in [6, 6.07) is 4.37. The van der Waals surface area contributed by atoms with Crippen molar-refractivity contribution in [3.8, 4) is 0 Å². The maximum atomic E-state index is 13.4. The van der Waals surface area contributed by atoms with E-state index in [1.807, 2.05) is 0 Å². The van der Waals surface area contributed by atoms with Gasteiger partial charge in [0, 0.05) is 11.0 Å². The number of hydrogen-bond acceptors (Lipinski definition) is 2. The quantitative estimate of drug-likeness (QED) is 0.815. The van der Waals surface area contributed by atoms with Gasteiger partial charge in [0.25, 0.3) is 5.91 Å². The Hall–Kier alpha value is -0.940. The van der Waals surface area contributed by atoms with Crippen LogP contribution >= 0.6 is 15.9 Å². The molecule has 3 N–H and O–H groups in total. The van der Waals surface area contributed by atoms with E-state index in [0.29, 0.717) is 17.6 Å². The van der Waals surface area contributed by atoms with Gasteiger partial charge in [-0.05, 0) is 37.6 Å². The fourth-order valence-corrected chi connectivity index (χ4v) is 1.57. The van der Waals surface area contributed by atoms with E-state index in [4.69, 9.17) is 5.73 Å². The van der Waals surface area contributed by atoms with E-state index in [-0.39, 0.29) is 11.5 Å². The molecule has 0 heterocycles. The van der Waals surface area contributed by atoms with Crippen LogP contribution in [0.5, 0.6) is 0 Å². The highest BCUT2D eigenvalue weighted by atomic mass is 79.9. The predicted molar refractivity (Wildman–Crippen MR) is 64.7 cm³/mol. The standard InChI is InChI=1S/C11H14BrFN2O/c12-8-3-4-9(10(13)7-8)11(16)15-6-2-1-5-14/h3-4,7H,1-2,5-6,14H2,(H,15,16). The average Bonchev–Trinajstić information content (AvgIpc) is 2.24. The van der Waals surface area contributed by atoms with E-state index in [1.165, 1.54) is 12.1 Å². The van der Waals surface area contributed by atoms with Gasteiger partial charge >= 0.3 is 0 Å². The Morgan fingerprint density at radius 3 is 2.81 bits per heavy atom. The number of benzene rings is 1.